The van der Waals surface area contributed by atoms with Gasteiger partial charge in [-0.05, 0) is 50.6 Å². The van der Waals surface area contributed by atoms with Gasteiger partial charge >= 0.3 is 5.97 Å². The molecule has 0 spiro atoms. The number of carbonyl (C=O) groups excluding carboxylic acids is 1. The lowest BCUT2D eigenvalue weighted by Gasteiger charge is -2.10. The molecule has 0 aliphatic rings. The number of rotatable bonds is 6. The van der Waals surface area contributed by atoms with Crippen molar-refractivity contribution in [3.8, 4) is 5.75 Å². The molecule has 0 atom stereocenters. The van der Waals surface area contributed by atoms with E-state index in [1.54, 1.807) is 6.92 Å². The quantitative estimate of drug-likeness (QED) is 0.851. The zero-order valence-corrected chi connectivity index (χ0v) is 13.9. The minimum Gasteiger partial charge on any atom is -0.491 e. The van der Waals surface area contributed by atoms with Crippen LogP contribution in [0.5, 0.6) is 5.75 Å². The molecular weight excluding hydrogens is 308 g/mol. The molecule has 6 nitrogen and oxygen atoms in total. The number of carboxylic acids is 1. The average molecular weight is 328 g/mol. The van der Waals surface area contributed by atoms with E-state index >= 15 is 0 Å². The van der Waals surface area contributed by atoms with Gasteiger partial charge in [-0.1, -0.05) is 12.1 Å². The SMILES string of the molecule is Cc1nc(C(=O)NCc2ccc(OC(C)C)cc2)ccc1C(=O)O. The molecule has 0 saturated heterocycles. The molecule has 6 heteroatoms. The summed E-state index contributed by atoms with van der Waals surface area (Å²) in [4.78, 5) is 27.1. The number of nitrogens with one attached hydrogen (secondary N) is 1. The van der Waals surface area contributed by atoms with Gasteiger partial charge in [-0.3, -0.25) is 4.79 Å². The Balaban J connectivity index is 1.98. The van der Waals surface area contributed by atoms with Crippen LogP contribution in [0, 0.1) is 6.92 Å². The van der Waals surface area contributed by atoms with Crippen LogP contribution < -0.4 is 10.1 Å². The van der Waals surface area contributed by atoms with Gasteiger partial charge in [-0.15, -0.1) is 0 Å². The maximum absolute atomic E-state index is 12.1. The van der Waals surface area contributed by atoms with E-state index in [9.17, 15) is 9.59 Å². The van der Waals surface area contributed by atoms with E-state index in [2.05, 4.69) is 10.3 Å². The van der Waals surface area contributed by atoms with E-state index in [1.165, 1.54) is 12.1 Å². The summed E-state index contributed by atoms with van der Waals surface area (Å²) < 4.78 is 5.56. The Morgan fingerprint density at radius 2 is 1.83 bits per heavy atom. The number of carbonyl (C=O) groups is 2. The number of amides is 1. The first-order chi connectivity index (χ1) is 11.4. The molecular formula is C18H20N2O4. The third kappa shape index (κ3) is 4.55. The van der Waals surface area contributed by atoms with Crippen LogP contribution in [0.25, 0.3) is 0 Å². The van der Waals surface area contributed by atoms with E-state index in [1.807, 2.05) is 38.1 Å². The van der Waals surface area contributed by atoms with Gasteiger partial charge in [-0.2, -0.15) is 0 Å². The molecule has 2 N–H and O–H groups in total. The molecule has 0 bridgehead atoms. The van der Waals surface area contributed by atoms with Gasteiger partial charge in [0.15, 0.2) is 0 Å². The Morgan fingerprint density at radius 1 is 1.17 bits per heavy atom. The highest BCUT2D eigenvalue weighted by molar-refractivity contribution is 5.94. The van der Waals surface area contributed by atoms with Gasteiger partial charge in [-0.25, -0.2) is 9.78 Å². The van der Waals surface area contributed by atoms with Crippen LogP contribution in [-0.4, -0.2) is 28.1 Å². The summed E-state index contributed by atoms with van der Waals surface area (Å²) in [5.74, 6) is -0.630. The smallest absolute Gasteiger partial charge is 0.337 e. The molecule has 0 saturated carbocycles. The molecule has 0 radical (unpaired) electrons. The van der Waals surface area contributed by atoms with E-state index < -0.39 is 5.97 Å². The highest BCUT2D eigenvalue weighted by Crippen LogP contribution is 2.14. The molecule has 0 aliphatic heterocycles. The summed E-state index contributed by atoms with van der Waals surface area (Å²) >= 11 is 0. The first-order valence-corrected chi connectivity index (χ1v) is 7.61. The highest BCUT2D eigenvalue weighted by Gasteiger charge is 2.12. The summed E-state index contributed by atoms with van der Waals surface area (Å²) in [7, 11) is 0. The predicted octanol–water partition coefficient (Wildman–Crippen LogP) is 2.81. The lowest BCUT2D eigenvalue weighted by molar-refractivity contribution is 0.0694. The normalized spacial score (nSPS) is 10.5. The first kappa shape index (κ1) is 17.5. The van der Waals surface area contributed by atoms with Crippen LogP contribution in [0.2, 0.25) is 0 Å². The Hall–Kier alpha value is -2.89. The van der Waals surface area contributed by atoms with E-state index in [4.69, 9.17) is 9.84 Å². The van der Waals surface area contributed by atoms with Crippen molar-refractivity contribution in [1.29, 1.82) is 0 Å². The molecule has 1 amide bonds. The van der Waals surface area contributed by atoms with E-state index in [0.29, 0.717) is 12.2 Å². The second kappa shape index (κ2) is 7.59. The highest BCUT2D eigenvalue weighted by atomic mass is 16.5. The molecule has 0 unspecified atom stereocenters. The van der Waals surface area contributed by atoms with E-state index in [0.717, 1.165) is 11.3 Å². The summed E-state index contributed by atoms with van der Waals surface area (Å²) in [5.41, 5.74) is 1.52. The van der Waals surface area contributed by atoms with Crippen molar-refractivity contribution in [3.63, 3.8) is 0 Å². The number of pyridine rings is 1. The molecule has 126 valence electrons. The number of hydrogen-bond donors (Lipinski definition) is 2. The number of carboxylic acid groups (broad SMARTS) is 1. The lowest BCUT2D eigenvalue weighted by atomic mass is 10.1. The van der Waals surface area contributed by atoms with Crippen molar-refractivity contribution >= 4 is 11.9 Å². The van der Waals surface area contributed by atoms with Crippen LogP contribution in [0.4, 0.5) is 0 Å². The average Bonchev–Trinajstić information content (AvgIpc) is 2.53. The second-order valence-electron chi connectivity index (χ2n) is 5.63. The Kier molecular flexibility index (Phi) is 5.52. The van der Waals surface area contributed by atoms with Crippen molar-refractivity contribution < 1.29 is 19.4 Å². The van der Waals surface area contributed by atoms with Crippen molar-refractivity contribution in [3.05, 3.63) is 58.9 Å². The number of benzene rings is 1. The standard InChI is InChI=1S/C18H20N2O4/c1-11(2)24-14-6-4-13(5-7-14)10-19-17(21)16-9-8-15(18(22)23)12(3)20-16/h4-9,11H,10H2,1-3H3,(H,19,21)(H,22,23). The number of hydrogen-bond acceptors (Lipinski definition) is 4. The molecule has 0 aliphatic carbocycles. The molecule has 1 aromatic carbocycles. The van der Waals surface area contributed by atoms with Crippen LogP contribution in [0.1, 0.15) is 46.0 Å². The first-order valence-electron chi connectivity index (χ1n) is 7.61. The van der Waals surface area contributed by atoms with Gasteiger partial charge < -0.3 is 15.2 Å². The molecule has 1 aromatic heterocycles. The summed E-state index contributed by atoms with van der Waals surface area (Å²) in [6, 6.07) is 10.3. The molecule has 24 heavy (non-hydrogen) atoms. The number of aromatic carboxylic acids is 1. The lowest BCUT2D eigenvalue weighted by Crippen LogP contribution is -2.24. The number of aryl methyl sites for hydroxylation is 1. The molecule has 2 rings (SSSR count). The van der Waals surface area contributed by atoms with Crippen LogP contribution in [0.15, 0.2) is 36.4 Å². The maximum Gasteiger partial charge on any atom is 0.337 e. The van der Waals surface area contributed by atoms with Crippen molar-refractivity contribution in [2.24, 2.45) is 0 Å². The van der Waals surface area contributed by atoms with Gasteiger partial charge in [0.05, 0.1) is 17.4 Å². The van der Waals surface area contributed by atoms with Gasteiger partial charge in [0, 0.05) is 6.54 Å². The second-order valence-corrected chi connectivity index (χ2v) is 5.63. The topological polar surface area (TPSA) is 88.5 Å². The number of ether oxygens (including phenoxy) is 1. The minimum absolute atomic E-state index is 0.0901. The number of nitrogens with zero attached hydrogens (tertiary/aromatic N) is 1. The predicted molar refractivity (Wildman–Crippen MR) is 89.3 cm³/mol. The Labute approximate surface area is 140 Å². The Bertz CT molecular complexity index is 739. The monoisotopic (exact) mass is 328 g/mol. The summed E-state index contributed by atoms with van der Waals surface area (Å²) in [6.07, 6.45) is 0.110. The zero-order valence-electron chi connectivity index (χ0n) is 13.9. The van der Waals surface area contributed by atoms with E-state index in [-0.39, 0.29) is 23.3 Å². The largest absolute Gasteiger partial charge is 0.491 e. The van der Waals surface area contributed by atoms with Crippen LogP contribution >= 0.6 is 0 Å². The zero-order chi connectivity index (χ0) is 17.7. The molecule has 2 aromatic rings. The molecule has 1 heterocycles. The fraction of sp³-hybridized carbons (Fsp3) is 0.278. The minimum atomic E-state index is -1.06. The van der Waals surface area contributed by atoms with Crippen molar-refractivity contribution in [2.75, 3.05) is 0 Å². The van der Waals surface area contributed by atoms with Crippen LogP contribution in [0.3, 0.4) is 0 Å². The fourth-order valence-electron chi connectivity index (χ4n) is 2.14. The van der Waals surface area contributed by atoms with Gasteiger partial charge in [0.25, 0.3) is 5.91 Å². The Morgan fingerprint density at radius 3 is 2.38 bits per heavy atom. The van der Waals surface area contributed by atoms with Gasteiger partial charge in [0.1, 0.15) is 11.4 Å². The third-order valence-corrected chi connectivity index (χ3v) is 3.30. The van der Waals surface area contributed by atoms with Crippen molar-refractivity contribution in [2.45, 2.75) is 33.4 Å². The summed E-state index contributed by atoms with van der Waals surface area (Å²) in [5, 5.41) is 11.7. The van der Waals surface area contributed by atoms with Crippen LogP contribution in [-0.2, 0) is 6.54 Å². The summed E-state index contributed by atoms with van der Waals surface area (Å²) in [6.45, 7) is 5.83. The maximum atomic E-state index is 12.1. The van der Waals surface area contributed by atoms with Gasteiger partial charge in [0.2, 0.25) is 0 Å². The van der Waals surface area contributed by atoms with Crippen molar-refractivity contribution in [1.82, 2.24) is 10.3 Å². The number of aromatic nitrogens is 1. The third-order valence-electron chi connectivity index (χ3n) is 3.30. The molecule has 0 fully saturated rings. The fourth-order valence-corrected chi connectivity index (χ4v) is 2.14.